The molecule has 134 valence electrons. The maximum atomic E-state index is 5.34. The molecule has 0 spiro atoms. The minimum Gasteiger partial charge on any atom is -0.493 e. The second kappa shape index (κ2) is 8.25. The van der Waals surface area contributed by atoms with Gasteiger partial charge in [-0.3, -0.25) is 4.99 Å². The summed E-state index contributed by atoms with van der Waals surface area (Å²) in [6, 6.07) is 20.3. The number of rotatable bonds is 5. The Bertz CT molecular complexity index is 917. The van der Waals surface area contributed by atoms with Gasteiger partial charge >= 0.3 is 0 Å². The predicted octanol–water partition coefficient (Wildman–Crippen LogP) is 4.04. The summed E-state index contributed by atoms with van der Waals surface area (Å²) in [5, 5.41) is 9.11. The third-order valence-electron chi connectivity index (χ3n) is 4.20. The van der Waals surface area contributed by atoms with E-state index >= 15 is 0 Å². The van der Waals surface area contributed by atoms with Crippen LogP contribution in [-0.2, 0) is 6.54 Å². The van der Waals surface area contributed by atoms with Gasteiger partial charge in [0.25, 0.3) is 0 Å². The van der Waals surface area contributed by atoms with E-state index in [1.54, 1.807) is 21.3 Å². The Labute approximate surface area is 153 Å². The molecule has 0 bridgehead atoms. The van der Waals surface area contributed by atoms with E-state index in [9.17, 15) is 0 Å². The van der Waals surface area contributed by atoms with Gasteiger partial charge in [-0.1, -0.05) is 42.5 Å². The van der Waals surface area contributed by atoms with Crippen LogP contribution >= 0.6 is 0 Å². The minimum absolute atomic E-state index is 0.669. The van der Waals surface area contributed by atoms with Crippen molar-refractivity contribution in [3.05, 3.63) is 66.2 Å². The molecule has 0 fully saturated rings. The van der Waals surface area contributed by atoms with Crippen LogP contribution in [0.1, 0.15) is 5.56 Å². The highest BCUT2D eigenvalue weighted by Crippen LogP contribution is 2.29. The number of methoxy groups -OCH3 is 2. The van der Waals surface area contributed by atoms with E-state index in [4.69, 9.17) is 9.47 Å². The molecular weight excluding hydrogens is 326 g/mol. The molecule has 5 nitrogen and oxygen atoms in total. The SMILES string of the molecule is CN=C(NCc1cccc2ccccc12)Nc1ccc(OC)c(OC)c1. The first-order chi connectivity index (χ1) is 12.7. The number of hydrogen-bond donors (Lipinski definition) is 2. The molecule has 0 saturated heterocycles. The van der Waals surface area contributed by atoms with Crippen LogP contribution in [0.25, 0.3) is 10.8 Å². The smallest absolute Gasteiger partial charge is 0.195 e. The van der Waals surface area contributed by atoms with Crippen LogP contribution in [0.15, 0.2) is 65.7 Å². The quantitative estimate of drug-likeness (QED) is 0.539. The second-order valence-electron chi connectivity index (χ2n) is 5.76. The average molecular weight is 349 g/mol. The van der Waals surface area contributed by atoms with Gasteiger partial charge in [0.1, 0.15) is 0 Å². The lowest BCUT2D eigenvalue weighted by molar-refractivity contribution is 0.355. The number of benzene rings is 3. The monoisotopic (exact) mass is 349 g/mol. The maximum Gasteiger partial charge on any atom is 0.195 e. The standard InChI is InChI=1S/C21H23N3O2/c1-22-21(24-17-11-12-19(25-2)20(13-17)26-3)23-14-16-9-6-8-15-7-4-5-10-18(15)16/h4-13H,14H2,1-3H3,(H2,22,23,24). The van der Waals surface area contributed by atoms with E-state index in [-0.39, 0.29) is 0 Å². The Balaban J connectivity index is 1.72. The van der Waals surface area contributed by atoms with E-state index < -0.39 is 0 Å². The Hall–Kier alpha value is -3.21. The van der Waals surface area contributed by atoms with Crippen molar-refractivity contribution in [1.29, 1.82) is 0 Å². The minimum atomic E-state index is 0.669. The molecule has 0 unspecified atom stereocenters. The highest BCUT2D eigenvalue weighted by atomic mass is 16.5. The molecule has 3 aromatic carbocycles. The molecule has 3 aromatic rings. The summed E-state index contributed by atoms with van der Waals surface area (Å²) in [4.78, 5) is 4.30. The third kappa shape index (κ3) is 3.88. The van der Waals surface area contributed by atoms with Crippen molar-refractivity contribution >= 4 is 22.4 Å². The first-order valence-corrected chi connectivity index (χ1v) is 8.41. The van der Waals surface area contributed by atoms with Gasteiger partial charge in [0.2, 0.25) is 0 Å². The summed E-state index contributed by atoms with van der Waals surface area (Å²) < 4.78 is 10.6. The van der Waals surface area contributed by atoms with Crippen molar-refractivity contribution in [2.75, 3.05) is 26.6 Å². The van der Waals surface area contributed by atoms with Gasteiger partial charge in [-0.15, -0.1) is 0 Å². The number of nitrogens with one attached hydrogen (secondary N) is 2. The molecule has 3 rings (SSSR count). The number of ether oxygens (including phenoxy) is 2. The van der Waals surface area contributed by atoms with Crippen LogP contribution in [0.2, 0.25) is 0 Å². The summed E-state index contributed by atoms with van der Waals surface area (Å²) in [6.45, 7) is 0.675. The van der Waals surface area contributed by atoms with E-state index in [0.717, 1.165) is 5.69 Å². The number of fused-ring (bicyclic) bond motifs is 1. The summed E-state index contributed by atoms with van der Waals surface area (Å²) in [6.07, 6.45) is 0. The number of hydrogen-bond acceptors (Lipinski definition) is 3. The van der Waals surface area contributed by atoms with Gasteiger partial charge in [-0.2, -0.15) is 0 Å². The zero-order chi connectivity index (χ0) is 18.4. The third-order valence-corrected chi connectivity index (χ3v) is 4.20. The Morgan fingerprint density at radius 3 is 2.46 bits per heavy atom. The van der Waals surface area contributed by atoms with Gasteiger partial charge in [0.05, 0.1) is 14.2 Å². The average Bonchev–Trinajstić information content (AvgIpc) is 2.70. The fourth-order valence-electron chi connectivity index (χ4n) is 2.86. The van der Waals surface area contributed by atoms with Gasteiger partial charge in [-0.05, 0) is 28.5 Å². The van der Waals surface area contributed by atoms with Crippen LogP contribution in [0.5, 0.6) is 11.5 Å². The normalized spacial score (nSPS) is 11.3. The predicted molar refractivity (Wildman–Crippen MR) is 107 cm³/mol. The summed E-state index contributed by atoms with van der Waals surface area (Å²) in [7, 11) is 4.99. The first kappa shape index (κ1) is 17.6. The molecule has 0 aliphatic rings. The Kier molecular flexibility index (Phi) is 5.59. The highest BCUT2D eigenvalue weighted by molar-refractivity contribution is 5.94. The first-order valence-electron chi connectivity index (χ1n) is 8.41. The number of aliphatic imine (C=N–C) groups is 1. The number of guanidine groups is 1. The topological polar surface area (TPSA) is 54.9 Å². The van der Waals surface area contributed by atoms with Gasteiger partial charge in [0.15, 0.2) is 17.5 Å². The molecular formula is C21H23N3O2. The van der Waals surface area contributed by atoms with Crippen LogP contribution in [0, 0.1) is 0 Å². The lowest BCUT2D eigenvalue weighted by atomic mass is 10.0. The van der Waals surface area contributed by atoms with Crippen LogP contribution in [0.3, 0.4) is 0 Å². The lowest BCUT2D eigenvalue weighted by Gasteiger charge is -2.15. The van der Waals surface area contributed by atoms with E-state index in [2.05, 4.69) is 58.1 Å². The fourth-order valence-corrected chi connectivity index (χ4v) is 2.86. The molecule has 0 aliphatic heterocycles. The largest absolute Gasteiger partial charge is 0.493 e. The number of anilines is 1. The van der Waals surface area contributed by atoms with Crippen molar-refractivity contribution in [1.82, 2.24) is 5.32 Å². The van der Waals surface area contributed by atoms with Crippen molar-refractivity contribution in [3.63, 3.8) is 0 Å². The van der Waals surface area contributed by atoms with E-state index in [1.807, 2.05) is 18.2 Å². The van der Waals surface area contributed by atoms with Crippen molar-refractivity contribution in [3.8, 4) is 11.5 Å². The van der Waals surface area contributed by atoms with Crippen LogP contribution in [0.4, 0.5) is 5.69 Å². The van der Waals surface area contributed by atoms with Crippen LogP contribution in [-0.4, -0.2) is 27.2 Å². The molecule has 2 N–H and O–H groups in total. The molecule has 5 heteroatoms. The molecule has 0 radical (unpaired) electrons. The van der Waals surface area contributed by atoms with Crippen LogP contribution < -0.4 is 20.1 Å². The van der Waals surface area contributed by atoms with Gasteiger partial charge in [0, 0.05) is 25.3 Å². The lowest BCUT2D eigenvalue weighted by Crippen LogP contribution is -2.30. The number of nitrogens with zero attached hydrogens (tertiary/aromatic N) is 1. The summed E-state index contributed by atoms with van der Waals surface area (Å²) >= 11 is 0. The molecule has 0 aliphatic carbocycles. The van der Waals surface area contributed by atoms with Crippen molar-refractivity contribution in [2.45, 2.75) is 6.54 Å². The van der Waals surface area contributed by atoms with Gasteiger partial charge in [-0.25, -0.2) is 0 Å². The second-order valence-corrected chi connectivity index (χ2v) is 5.76. The highest BCUT2D eigenvalue weighted by Gasteiger charge is 2.07. The summed E-state index contributed by atoms with van der Waals surface area (Å²) in [5.74, 6) is 2.05. The maximum absolute atomic E-state index is 5.34. The van der Waals surface area contributed by atoms with Crippen molar-refractivity contribution in [2.24, 2.45) is 4.99 Å². The van der Waals surface area contributed by atoms with Crippen molar-refractivity contribution < 1.29 is 9.47 Å². The van der Waals surface area contributed by atoms with Gasteiger partial charge < -0.3 is 20.1 Å². The zero-order valence-corrected chi connectivity index (χ0v) is 15.2. The Morgan fingerprint density at radius 1 is 0.923 bits per heavy atom. The molecule has 0 saturated carbocycles. The zero-order valence-electron chi connectivity index (χ0n) is 15.2. The molecule has 0 atom stereocenters. The summed E-state index contributed by atoms with van der Waals surface area (Å²) in [5.41, 5.74) is 2.09. The van der Waals surface area contributed by atoms with E-state index in [0.29, 0.717) is 24.0 Å². The molecule has 0 aromatic heterocycles. The molecule has 26 heavy (non-hydrogen) atoms. The molecule has 0 amide bonds. The molecule has 0 heterocycles. The fraction of sp³-hybridized carbons (Fsp3) is 0.190. The Morgan fingerprint density at radius 2 is 1.69 bits per heavy atom. The van der Waals surface area contributed by atoms with E-state index in [1.165, 1.54) is 16.3 Å².